The minimum absolute atomic E-state index is 0. The van der Waals surface area contributed by atoms with Gasteiger partial charge in [0, 0.05) is 0 Å². The third kappa shape index (κ3) is 4.15. The number of hydrogen-bond acceptors (Lipinski definition) is 0. The van der Waals surface area contributed by atoms with E-state index in [1.165, 1.54) is 16.0 Å². The first-order chi connectivity index (χ1) is 7.18. The predicted octanol–water partition coefficient (Wildman–Crippen LogP) is -3.72. The Morgan fingerprint density at radius 1 is 1.29 bits per heavy atom. The maximum Gasteiger partial charge on any atom is -1.00 e. The molecule has 5 heteroatoms. The second-order valence-corrected chi connectivity index (χ2v) is 9.40. The number of H-pyrrole nitrogens is 1. The number of nitrogens with one attached hydrogen (secondary N) is 1. The fourth-order valence-electron chi connectivity index (χ4n) is 1.92. The van der Waals surface area contributed by atoms with Crippen LogP contribution in [0.25, 0.3) is 0 Å². The molecule has 0 aliphatic heterocycles. The van der Waals surface area contributed by atoms with Crippen molar-refractivity contribution in [3.63, 3.8) is 0 Å². The van der Waals surface area contributed by atoms with Crippen molar-refractivity contribution < 1.29 is 44.0 Å². The molecule has 1 heterocycles. The number of aryl methyl sites for hydroxylation is 1. The Morgan fingerprint density at radius 3 is 2.53 bits per heavy atom. The monoisotopic (exact) mass is 321 g/mol. The number of halogens is 2. The summed E-state index contributed by atoms with van der Waals surface area (Å²) >= 11 is -0.0823. The van der Waals surface area contributed by atoms with Gasteiger partial charge < -0.3 is 24.8 Å². The summed E-state index contributed by atoms with van der Waals surface area (Å²) in [5.74, 6) is 0. The van der Waals surface area contributed by atoms with Gasteiger partial charge in [-0.25, -0.2) is 0 Å². The SMILES string of the molecule is Cc1cc[nH][c]1[Ti+2][C]1=C([SiH](C)C)C=CC1.[Cl-].[Cl-]. The minimum Gasteiger partial charge on any atom is -1.00 e. The molecule has 0 aromatic carbocycles. The Bertz CT molecular complexity index is 424. The number of allylic oxidation sites excluding steroid dienone is 4. The molecule has 1 N–H and O–H groups in total. The average molecular weight is 322 g/mol. The summed E-state index contributed by atoms with van der Waals surface area (Å²) in [6.45, 7) is 7.07. The number of hydrogen-bond donors (Lipinski definition) is 1. The molecule has 17 heavy (non-hydrogen) atoms. The van der Waals surface area contributed by atoms with Gasteiger partial charge in [-0.2, -0.15) is 0 Å². The standard InChI is InChI=1S/C7H11Si.C5H6N.2ClH.Ti/c1-8(2)7-5-3-4-6-7;1-5-2-3-6-4-5;;;/h3,5,8H,4H2,1-2H3;2-3,6H,1H3;2*1H;/q;;;;+2/p-2. The van der Waals surface area contributed by atoms with E-state index >= 15 is 0 Å². The van der Waals surface area contributed by atoms with Crippen LogP contribution in [-0.2, 0) is 19.2 Å². The molecule has 0 saturated carbocycles. The van der Waals surface area contributed by atoms with Crippen LogP contribution in [0.1, 0.15) is 12.0 Å². The summed E-state index contributed by atoms with van der Waals surface area (Å²) in [6.07, 6.45) is 8.02. The summed E-state index contributed by atoms with van der Waals surface area (Å²) in [4.78, 5) is 3.40. The maximum atomic E-state index is 3.40. The van der Waals surface area contributed by atoms with Crippen molar-refractivity contribution in [3.8, 4) is 0 Å². The Labute approximate surface area is 127 Å². The first-order valence-corrected chi connectivity index (χ1v) is 9.94. The van der Waals surface area contributed by atoms with E-state index in [0.717, 1.165) is 0 Å². The van der Waals surface area contributed by atoms with Crippen LogP contribution in [0.15, 0.2) is 33.5 Å². The molecular formula is C12H17Cl2NSiTi. The van der Waals surface area contributed by atoms with E-state index in [9.17, 15) is 0 Å². The zero-order valence-corrected chi connectivity index (χ0v) is 14.6. The van der Waals surface area contributed by atoms with Gasteiger partial charge in [-0.05, 0) is 0 Å². The maximum absolute atomic E-state index is 3.40. The van der Waals surface area contributed by atoms with Crippen LogP contribution < -0.4 is 28.8 Å². The molecule has 0 amide bonds. The van der Waals surface area contributed by atoms with Crippen LogP contribution in [0.3, 0.4) is 0 Å². The normalized spacial score (nSPS) is 13.4. The summed E-state index contributed by atoms with van der Waals surface area (Å²) < 4.78 is 3.28. The molecule has 1 aromatic rings. The molecule has 0 radical (unpaired) electrons. The van der Waals surface area contributed by atoms with E-state index in [1.807, 2.05) is 0 Å². The largest absolute Gasteiger partial charge is 1.00 e. The molecule has 1 aliphatic carbocycles. The molecule has 0 atom stereocenters. The van der Waals surface area contributed by atoms with Crippen LogP contribution in [0.5, 0.6) is 0 Å². The van der Waals surface area contributed by atoms with Gasteiger partial charge in [0.2, 0.25) is 0 Å². The molecule has 1 aromatic heterocycles. The topological polar surface area (TPSA) is 15.8 Å². The van der Waals surface area contributed by atoms with E-state index in [0.29, 0.717) is 0 Å². The second kappa shape index (κ2) is 7.65. The third-order valence-corrected chi connectivity index (χ3v) is 7.53. The quantitative estimate of drug-likeness (QED) is 0.551. The smallest absolute Gasteiger partial charge is 1.00 e. The molecule has 0 saturated heterocycles. The van der Waals surface area contributed by atoms with Crippen molar-refractivity contribution in [1.29, 1.82) is 0 Å². The van der Waals surface area contributed by atoms with E-state index in [1.54, 1.807) is 9.07 Å². The summed E-state index contributed by atoms with van der Waals surface area (Å²) in [5, 5.41) is 1.73. The van der Waals surface area contributed by atoms with Crippen molar-refractivity contribution in [1.82, 2.24) is 4.98 Å². The molecule has 1 nitrogen and oxygen atoms in total. The van der Waals surface area contributed by atoms with Gasteiger partial charge in [0.05, 0.1) is 0 Å². The van der Waals surface area contributed by atoms with Crippen LogP contribution in [0, 0.1) is 6.92 Å². The van der Waals surface area contributed by atoms with Crippen molar-refractivity contribution in [2.24, 2.45) is 0 Å². The van der Waals surface area contributed by atoms with Crippen molar-refractivity contribution in [2.45, 2.75) is 26.4 Å². The number of aromatic nitrogens is 1. The molecule has 0 bridgehead atoms. The van der Waals surface area contributed by atoms with E-state index < -0.39 is 8.80 Å². The molecule has 0 fully saturated rings. The molecule has 0 spiro atoms. The fraction of sp³-hybridized carbons (Fsp3) is 0.333. The predicted molar refractivity (Wildman–Crippen MR) is 64.8 cm³/mol. The molecular weight excluding hydrogens is 305 g/mol. The average Bonchev–Trinajstić information content (AvgIpc) is 2.77. The Morgan fingerprint density at radius 2 is 2.00 bits per heavy atom. The van der Waals surface area contributed by atoms with Gasteiger partial charge in [-0.1, -0.05) is 0 Å². The summed E-state index contributed by atoms with van der Waals surface area (Å²) in [5.41, 5.74) is 1.44. The second-order valence-electron chi connectivity index (χ2n) is 4.36. The van der Waals surface area contributed by atoms with Crippen LogP contribution in [0.4, 0.5) is 0 Å². The van der Waals surface area contributed by atoms with Gasteiger partial charge in [-0.3, -0.25) is 0 Å². The molecule has 92 valence electrons. The van der Waals surface area contributed by atoms with E-state index in [-0.39, 0.29) is 44.0 Å². The minimum atomic E-state index is -0.608. The zero-order valence-electron chi connectivity index (χ0n) is 10.3. The van der Waals surface area contributed by atoms with Crippen molar-refractivity contribution >= 4 is 12.8 Å². The van der Waals surface area contributed by atoms with E-state index in [4.69, 9.17) is 0 Å². The Kier molecular flexibility index (Phi) is 7.77. The zero-order chi connectivity index (χ0) is 10.8. The first-order valence-electron chi connectivity index (χ1n) is 5.49. The summed E-state index contributed by atoms with van der Waals surface area (Å²) in [6, 6.07) is 2.19. The molecule has 0 unspecified atom stereocenters. The van der Waals surface area contributed by atoms with Gasteiger partial charge in [0.25, 0.3) is 0 Å². The Balaban J connectivity index is 0.00000128. The first kappa shape index (κ1) is 17.3. The van der Waals surface area contributed by atoms with Gasteiger partial charge in [0.15, 0.2) is 0 Å². The van der Waals surface area contributed by atoms with Crippen LogP contribution in [0.2, 0.25) is 13.1 Å². The fourth-order valence-corrected chi connectivity index (χ4v) is 6.76. The molecule has 2 rings (SSSR count). The summed E-state index contributed by atoms with van der Waals surface area (Å²) in [7, 11) is -0.608. The number of rotatable bonds is 3. The molecule has 1 aliphatic rings. The Hall–Kier alpha value is 0.271. The van der Waals surface area contributed by atoms with Crippen LogP contribution >= 0.6 is 0 Å². The third-order valence-electron chi connectivity index (χ3n) is 2.82. The number of aromatic amines is 1. The van der Waals surface area contributed by atoms with Crippen molar-refractivity contribution in [2.75, 3.05) is 0 Å². The van der Waals surface area contributed by atoms with E-state index in [2.05, 4.69) is 49.4 Å². The van der Waals surface area contributed by atoms with Gasteiger partial charge in [0.1, 0.15) is 0 Å². The van der Waals surface area contributed by atoms with Crippen LogP contribution in [-0.4, -0.2) is 13.8 Å². The van der Waals surface area contributed by atoms with Gasteiger partial charge >= 0.3 is 102 Å². The van der Waals surface area contributed by atoms with Gasteiger partial charge in [-0.15, -0.1) is 0 Å². The van der Waals surface area contributed by atoms with Crippen molar-refractivity contribution in [3.05, 3.63) is 39.1 Å².